The third-order valence-electron chi connectivity index (χ3n) is 6.94. The zero-order valence-electron chi connectivity index (χ0n) is 18.1. The lowest BCUT2D eigenvalue weighted by Gasteiger charge is -2.43. The van der Waals surface area contributed by atoms with E-state index in [1.54, 1.807) is 4.90 Å². The predicted octanol–water partition coefficient (Wildman–Crippen LogP) is -0.231. The van der Waals surface area contributed by atoms with Crippen LogP contribution in [0.15, 0.2) is 4.99 Å². The fraction of sp³-hybridized carbons (Fsp3) is 0.810. The van der Waals surface area contributed by atoms with Gasteiger partial charge in [0.15, 0.2) is 5.96 Å². The number of aliphatic carboxylic acids is 1. The molecule has 3 fully saturated rings. The molecular formula is C21H36N6O4. The molecule has 5 atom stereocenters. The third kappa shape index (κ3) is 5.87. The number of nitrogens with one attached hydrogen (secondary N) is 2. The number of likely N-dealkylation sites (tertiary alicyclic amines) is 1. The number of piperidine rings is 1. The number of carboxylic acids is 1. The maximum absolute atomic E-state index is 13.4. The molecule has 0 aromatic heterocycles. The normalized spacial score (nSPS) is 29.0. The molecule has 0 aromatic rings. The Morgan fingerprint density at radius 1 is 1.13 bits per heavy atom. The zero-order valence-corrected chi connectivity index (χ0v) is 18.1. The number of fused-ring (bicyclic) bond motifs is 1. The zero-order chi connectivity index (χ0) is 22.4. The molecular weight excluding hydrogens is 400 g/mol. The summed E-state index contributed by atoms with van der Waals surface area (Å²) in [6.07, 6.45) is 7.66. The van der Waals surface area contributed by atoms with Gasteiger partial charge in [0, 0.05) is 13.1 Å². The van der Waals surface area contributed by atoms with Crippen molar-refractivity contribution in [3.63, 3.8) is 0 Å². The van der Waals surface area contributed by atoms with Gasteiger partial charge in [-0.15, -0.1) is 0 Å². The van der Waals surface area contributed by atoms with Gasteiger partial charge in [0.25, 0.3) is 0 Å². The maximum Gasteiger partial charge on any atom is 0.326 e. The molecule has 10 nitrogen and oxygen atoms in total. The van der Waals surface area contributed by atoms with E-state index < -0.39 is 24.0 Å². The molecule has 1 aliphatic carbocycles. The largest absolute Gasteiger partial charge is 0.480 e. The first-order chi connectivity index (χ1) is 14.9. The second kappa shape index (κ2) is 10.8. The predicted molar refractivity (Wildman–Crippen MR) is 116 cm³/mol. The van der Waals surface area contributed by atoms with Gasteiger partial charge >= 0.3 is 5.97 Å². The van der Waals surface area contributed by atoms with Gasteiger partial charge in [0.1, 0.15) is 12.1 Å². The van der Waals surface area contributed by atoms with Crippen molar-refractivity contribution >= 4 is 23.7 Å². The third-order valence-corrected chi connectivity index (χ3v) is 6.94. The van der Waals surface area contributed by atoms with Crippen molar-refractivity contribution in [3.05, 3.63) is 0 Å². The van der Waals surface area contributed by atoms with Gasteiger partial charge in [-0.2, -0.15) is 0 Å². The van der Waals surface area contributed by atoms with Gasteiger partial charge < -0.3 is 32.1 Å². The van der Waals surface area contributed by atoms with Gasteiger partial charge in [-0.25, -0.2) is 4.79 Å². The van der Waals surface area contributed by atoms with Crippen LogP contribution >= 0.6 is 0 Å². The minimum Gasteiger partial charge on any atom is -0.480 e. The molecule has 2 aliphatic heterocycles. The van der Waals surface area contributed by atoms with Crippen LogP contribution in [-0.2, 0) is 14.4 Å². The second-order valence-corrected chi connectivity index (χ2v) is 8.97. The van der Waals surface area contributed by atoms with Gasteiger partial charge in [0.05, 0.1) is 6.04 Å². The lowest BCUT2D eigenvalue weighted by molar-refractivity contribution is -0.145. The highest BCUT2D eigenvalue weighted by molar-refractivity contribution is 5.92. The molecule has 7 N–H and O–H groups in total. The number of hydrogen-bond donors (Lipinski definition) is 5. The van der Waals surface area contributed by atoms with Crippen LogP contribution < -0.4 is 22.1 Å². The number of guanidine groups is 1. The van der Waals surface area contributed by atoms with E-state index in [0.717, 1.165) is 32.2 Å². The molecule has 2 amide bonds. The number of carbonyl (C=O) groups is 3. The summed E-state index contributed by atoms with van der Waals surface area (Å²) >= 11 is 0. The molecule has 3 aliphatic rings. The molecule has 174 valence electrons. The molecule has 3 unspecified atom stereocenters. The first kappa shape index (κ1) is 23.3. The molecule has 31 heavy (non-hydrogen) atoms. The van der Waals surface area contributed by atoms with E-state index in [-0.39, 0.29) is 24.3 Å². The van der Waals surface area contributed by atoms with Gasteiger partial charge in [-0.1, -0.05) is 19.3 Å². The van der Waals surface area contributed by atoms with Crippen LogP contribution in [0.4, 0.5) is 0 Å². The minimum absolute atomic E-state index is 0.00566. The van der Waals surface area contributed by atoms with Crippen molar-refractivity contribution in [2.45, 2.75) is 75.9 Å². The van der Waals surface area contributed by atoms with Crippen LogP contribution in [-0.4, -0.2) is 71.5 Å². The van der Waals surface area contributed by atoms with E-state index in [9.17, 15) is 19.5 Å². The minimum atomic E-state index is -1.10. The fourth-order valence-corrected chi connectivity index (χ4v) is 5.39. The number of rotatable bonds is 8. The summed E-state index contributed by atoms with van der Waals surface area (Å²) in [5, 5.41) is 15.5. The summed E-state index contributed by atoms with van der Waals surface area (Å²) in [6.45, 7) is 1.67. The Kier molecular flexibility index (Phi) is 8.11. The van der Waals surface area contributed by atoms with Crippen molar-refractivity contribution in [1.82, 2.24) is 15.5 Å². The van der Waals surface area contributed by atoms with E-state index in [0.29, 0.717) is 37.8 Å². The SMILES string of the molecule is NC(N)=NCCC[C@H](NC(=O)[C@@H]1CCCN1C(=O)C1NCCC2CCCCC21)C(=O)O. The summed E-state index contributed by atoms with van der Waals surface area (Å²) in [7, 11) is 0. The lowest BCUT2D eigenvalue weighted by Crippen LogP contribution is -2.59. The number of carbonyl (C=O) groups excluding carboxylic acids is 2. The topological polar surface area (TPSA) is 163 Å². The van der Waals surface area contributed by atoms with Crippen LogP contribution in [0, 0.1) is 11.8 Å². The highest BCUT2D eigenvalue weighted by Gasteiger charge is 2.44. The first-order valence-corrected chi connectivity index (χ1v) is 11.5. The van der Waals surface area contributed by atoms with Gasteiger partial charge in [0.2, 0.25) is 11.8 Å². The second-order valence-electron chi connectivity index (χ2n) is 8.97. The van der Waals surface area contributed by atoms with Gasteiger partial charge in [-0.3, -0.25) is 14.6 Å². The number of aliphatic imine (C=N–C) groups is 1. The van der Waals surface area contributed by atoms with Crippen LogP contribution in [0.2, 0.25) is 0 Å². The summed E-state index contributed by atoms with van der Waals surface area (Å²) in [5.41, 5.74) is 10.6. The molecule has 10 heteroatoms. The molecule has 0 radical (unpaired) electrons. The molecule has 0 bridgehead atoms. The standard InChI is InChI=1S/C21H36N6O4/c22-21(23)25-10-3-7-15(20(30)31)26-18(28)16-8-4-12-27(16)19(29)17-14-6-2-1-5-13(14)9-11-24-17/h13-17,24H,1-12H2,(H,26,28)(H,30,31)(H4,22,23,25)/t13?,14?,15-,16-,17?/m0/s1. The van der Waals surface area contributed by atoms with Crippen molar-refractivity contribution in [2.75, 3.05) is 19.6 Å². The van der Waals surface area contributed by atoms with E-state index in [1.165, 1.54) is 12.8 Å². The Hall–Kier alpha value is -2.36. The summed E-state index contributed by atoms with van der Waals surface area (Å²) < 4.78 is 0. The fourth-order valence-electron chi connectivity index (χ4n) is 5.39. The Bertz CT molecular complexity index is 693. The van der Waals surface area contributed by atoms with Crippen molar-refractivity contribution in [1.29, 1.82) is 0 Å². The Balaban J connectivity index is 1.60. The lowest BCUT2D eigenvalue weighted by atomic mass is 9.71. The highest BCUT2D eigenvalue weighted by Crippen LogP contribution is 2.37. The van der Waals surface area contributed by atoms with E-state index in [2.05, 4.69) is 15.6 Å². The number of carboxylic acid groups (broad SMARTS) is 1. The monoisotopic (exact) mass is 436 g/mol. The van der Waals surface area contributed by atoms with Crippen LogP contribution in [0.1, 0.15) is 57.8 Å². The number of hydrogen-bond acceptors (Lipinski definition) is 5. The molecule has 0 aromatic carbocycles. The van der Waals surface area contributed by atoms with E-state index >= 15 is 0 Å². The average Bonchev–Trinajstić information content (AvgIpc) is 3.24. The Morgan fingerprint density at radius 2 is 1.90 bits per heavy atom. The molecule has 3 rings (SSSR count). The molecule has 2 saturated heterocycles. The highest BCUT2D eigenvalue weighted by atomic mass is 16.4. The Morgan fingerprint density at radius 3 is 2.65 bits per heavy atom. The van der Waals surface area contributed by atoms with Crippen molar-refractivity contribution in [2.24, 2.45) is 28.3 Å². The quantitative estimate of drug-likeness (QED) is 0.199. The number of nitrogens with zero attached hydrogens (tertiary/aromatic N) is 2. The number of amides is 2. The van der Waals surface area contributed by atoms with Crippen LogP contribution in [0.5, 0.6) is 0 Å². The summed E-state index contributed by atoms with van der Waals surface area (Å²) in [6, 6.07) is -1.88. The summed E-state index contributed by atoms with van der Waals surface area (Å²) in [4.78, 5) is 43.4. The average molecular weight is 437 g/mol. The smallest absolute Gasteiger partial charge is 0.326 e. The van der Waals surface area contributed by atoms with Gasteiger partial charge in [-0.05, 0) is 56.9 Å². The molecule has 1 saturated carbocycles. The van der Waals surface area contributed by atoms with E-state index in [4.69, 9.17) is 11.5 Å². The van der Waals surface area contributed by atoms with Crippen LogP contribution in [0.25, 0.3) is 0 Å². The number of nitrogens with two attached hydrogens (primary N) is 2. The molecule has 2 heterocycles. The van der Waals surface area contributed by atoms with Crippen molar-refractivity contribution in [3.8, 4) is 0 Å². The van der Waals surface area contributed by atoms with E-state index in [1.807, 2.05) is 0 Å². The van der Waals surface area contributed by atoms with Crippen molar-refractivity contribution < 1.29 is 19.5 Å². The first-order valence-electron chi connectivity index (χ1n) is 11.5. The molecule has 0 spiro atoms. The van der Waals surface area contributed by atoms with Crippen LogP contribution in [0.3, 0.4) is 0 Å². The summed E-state index contributed by atoms with van der Waals surface area (Å²) in [5.74, 6) is -0.632. The maximum atomic E-state index is 13.4. The Labute approximate surface area is 183 Å².